The number of aromatic carboxylic acids is 1. The lowest BCUT2D eigenvalue weighted by Gasteiger charge is -2.13. The first-order valence-corrected chi connectivity index (χ1v) is 5.66. The van der Waals surface area contributed by atoms with Crippen molar-refractivity contribution in [3.05, 3.63) is 34.1 Å². The molecule has 18 heavy (non-hydrogen) atoms. The van der Waals surface area contributed by atoms with Crippen molar-refractivity contribution in [3.8, 4) is 0 Å². The van der Waals surface area contributed by atoms with Crippen LogP contribution < -0.4 is 0 Å². The summed E-state index contributed by atoms with van der Waals surface area (Å²) in [6.07, 6.45) is 0.440. The number of carbonyl (C=O) groups is 1. The maximum absolute atomic E-state index is 13.4. The summed E-state index contributed by atoms with van der Waals surface area (Å²) in [7, 11) is 0. The third kappa shape index (κ3) is 2.31. The number of carboxylic acids is 1. The lowest BCUT2D eigenvalue weighted by Crippen LogP contribution is -2.19. The number of benzene rings is 1. The Labute approximate surface area is 108 Å². The van der Waals surface area contributed by atoms with Gasteiger partial charge < -0.3 is 9.94 Å². The second-order valence-corrected chi connectivity index (χ2v) is 5.06. The minimum atomic E-state index is -1.28. The van der Waals surface area contributed by atoms with Crippen LogP contribution in [0.15, 0.2) is 17.3 Å². The Hall–Kier alpha value is -1.62. The van der Waals surface area contributed by atoms with Crippen LogP contribution in [-0.4, -0.2) is 22.4 Å². The average molecular weight is 272 g/mol. The second-order valence-electron chi connectivity index (χ2n) is 4.69. The Morgan fingerprint density at radius 2 is 2.22 bits per heavy atom. The summed E-state index contributed by atoms with van der Waals surface area (Å²) in [6, 6.07) is 2.05. The van der Waals surface area contributed by atoms with E-state index < -0.39 is 17.4 Å². The van der Waals surface area contributed by atoms with Gasteiger partial charge in [0.05, 0.1) is 16.3 Å². The van der Waals surface area contributed by atoms with E-state index in [4.69, 9.17) is 21.5 Å². The topological polar surface area (TPSA) is 58.9 Å². The van der Waals surface area contributed by atoms with Gasteiger partial charge >= 0.3 is 5.97 Å². The van der Waals surface area contributed by atoms with E-state index >= 15 is 0 Å². The van der Waals surface area contributed by atoms with Gasteiger partial charge in [-0.2, -0.15) is 0 Å². The zero-order chi connectivity index (χ0) is 13.5. The van der Waals surface area contributed by atoms with Crippen LogP contribution in [0.2, 0.25) is 5.02 Å². The SMILES string of the molecule is CC1(C)CC(c2cc(F)cc(C(=O)O)c2Cl)=NO1. The van der Waals surface area contributed by atoms with Crippen LogP contribution in [0.25, 0.3) is 0 Å². The van der Waals surface area contributed by atoms with Crippen molar-refractivity contribution in [3.63, 3.8) is 0 Å². The first-order chi connectivity index (χ1) is 8.30. The molecular weight excluding hydrogens is 261 g/mol. The lowest BCUT2D eigenvalue weighted by atomic mass is 9.96. The van der Waals surface area contributed by atoms with Gasteiger partial charge in [-0.1, -0.05) is 16.8 Å². The van der Waals surface area contributed by atoms with Gasteiger partial charge in [0.1, 0.15) is 11.4 Å². The van der Waals surface area contributed by atoms with E-state index in [2.05, 4.69) is 5.16 Å². The molecule has 0 fully saturated rings. The monoisotopic (exact) mass is 271 g/mol. The summed E-state index contributed by atoms with van der Waals surface area (Å²) in [4.78, 5) is 16.1. The molecule has 1 aliphatic rings. The molecule has 0 unspecified atom stereocenters. The highest BCUT2D eigenvalue weighted by atomic mass is 35.5. The molecule has 0 radical (unpaired) electrons. The van der Waals surface area contributed by atoms with Gasteiger partial charge in [0.2, 0.25) is 0 Å². The van der Waals surface area contributed by atoms with Crippen molar-refractivity contribution in [2.45, 2.75) is 25.9 Å². The minimum absolute atomic E-state index is 0.0241. The molecule has 0 atom stereocenters. The number of hydrogen-bond donors (Lipinski definition) is 1. The van der Waals surface area contributed by atoms with Gasteiger partial charge in [0.25, 0.3) is 0 Å². The van der Waals surface area contributed by atoms with E-state index in [0.29, 0.717) is 12.1 Å². The predicted octanol–water partition coefficient (Wildman–Crippen LogP) is 3.08. The van der Waals surface area contributed by atoms with Gasteiger partial charge in [-0.15, -0.1) is 0 Å². The highest BCUT2D eigenvalue weighted by molar-refractivity contribution is 6.37. The molecule has 96 valence electrons. The van der Waals surface area contributed by atoms with Gasteiger partial charge in [-0.3, -0.25) is 0 Å². The normalized spacial score (nSPS) is 17.2. The van der Waals surface area contributed by atoms with Crippen LogP contribution >= 0.6 is 11.6 Å². The third-order valence-electron chi connectivity index (χ3n) is 2.57. The van der Waals surface area contributed by atoms with Crippen molar-refractivity contribution in [2.75, 3.05) is 0 Å². The van der Waals surface area contributed by atoms with Crippen LogP contribution in [-0.2, 0) is 4.84 Å². The van der Waals surface area contributed by atoms with Crippen molar-refractivity contribution >= 4 is 23.3 Å². The summed E-state index contributed by atoms with van der Waals surface area (Å²) < 4.78 is 13.4. The lowest BCUT2D eigenvalue weighted by molar-refractivity contribution is 0.0123. The molecule has 1 N–H and O–H groups in total. The highest BCUT2D eigenvalue weighted by Gasteiger charge is 2.31. The first kappa shape index (κ1) is 12.8. The molecule has 0 spiro atoms. The zero-order valence-electron chi connectivity index (χ0n) is 9.83. The van der Waals surface area contributed by atoms with Gasteiger partial charge in [0.15, 0.2) is 0 Å². The molecule has 0 saturated carbocycles. The fourth-order valence-corrected chi connectivity index (χ4v) is 2.04. The Morgan fingerprint density at radius 1 is 1.56 bits per heavy atom. The molecule has 0 saturated heterocycles. The molecule has 1 aromatic carbocycles. The molecule has 0 aliphatic carbocycles. The molecule has 1 heterocycles. The number of halogens is 2. The van der Waals surface area contributed by atoms with E-state index in [1.54, 1.807) is 0 Å². The Bertz CT molecular complexity index is 554. The van der Waals surface area contributed by atoms with E-state index in [1.807, 2.05) is 13.8 Å². The van der Waals surface area contributed by atoms with Crippen molar-refractivity contribution in [1.82, 2.24) is 0 Å². The number of nitrogens with zero attached hydrogens (tertiary/aromatic N) is 1. The van der Waals surface area contributed by atoms with E-state index in [-0.39, 0.29) is 16.1 Å². The summed E-state index contributed by atoms with van der Waals surface area (Å²) in [6.45, 7) is 3.66. The molecule has 1 aliphatic heterocycles. The number of carboxylic acid groups (broad SMARTS) is 1. The number of oxime groups is 1. The van der Waals surface area contributed by atoms with Crippen LogP contribution in [0.1, 0.15) is 36.2 Å². The quantitative estimate of drug-likeness (QED) is 0.899. The zero-order valence-corrected chi connectivity index (χ0v) is 10.6. The third-order valence-corrected chi connectivity index (χ3v) is 2.98. The molecule has 4 nitrogen and oxygen atoms in total. The number of rotatable bonds is 2. The van der Waals surface area contributed by atoms with Gasteiger partial charge in [-0.05, 0) is 26.0 Å². The Morgan fingerprint density at radius 3 is 2.72 bits per heavy atom. The molecule has 0 amide bonds. The van der Waals surface area contributed by atoms with Crippen LogP contribution in [0.5, 0.6) is 0 Å². The van der Waals surface area contributed by atoms with Crippen molar-refractivity contribution in [1.29, 1.82) is 0 Å². The first-order valence-electron chi connectivity index (χ1n) is 5.28. The van der Waals surface area contributed by atoms with Crippen LogP contribution in [0.4, 0.5) is 4.39 Å². The van der Waals surface area contributed by atoms with Crippen molar-refractivity contribution < 1.29 is 19.1 Å². The predicted molar refractivity (Wildman–Crippen MR) is 64.7 cm³/mol. The van der Waals surface area contributed by atoms with E-state index in [1.165, 1.54) is 6.07 Å². The van der Waals surface area contributed by atoms with Crippen LogP contribution in [0.3, 0.4) is 0 Å². The Balaban J connectivity index is 2.50. The van der Waals surface area contributed by atoms with Crippen molar-refractivity contribution in [2.24, 2.45) is 5.16 Å². The molecular formula is C12H11ClFNO3. The summed E-state index contributed by atoms with van der Waals surface area (Å²) >= 11 is 5.97. The fourth-order valence-electron chi connectivity index (χ4n) is 1.75. The van der Waals surface area contributed by atoms with Crippen LogP contribution in [0, 0.1) is 5.82 Å². The smallest absolute Gasteiger partial charge is 0.337 e. The summed E-state index contributed by atoms with van der Waals surface area (Å²) in [5.41, 5.74) is -0.0559. The maximum atomic E-state index is 13.4. The molecule has 0 bridgehead atoms. The summed E-state index contributed by atoms with van der Waals surface area (Å²) in [5, 5.41) is 12.7. The van der Waals surface area contributed by atoms with E-state index in [0.717, 1.165) is 6.07 Å². The largest absolute Gasteiger partial charge is 0.478 e. The standard InChI is InChI=1S/C12H11ClFNO3/c1-12(2)5-9(15-18-12)7-3-6(14)4-8(10(7)13)11(16)17/h3-4H,5H2,1-2H3,(H,16,17). The summed E-state index contributed by atoms with van der Waals surface area (Å²) in [5.74, 6) is -1.95. The minimum Gasteiger partial charge on any atom is -0.478 e. The Kier molecular flexibility index (Phi) is 3.02. The maximum Gasteiger partial charge on any atom is 0.337 e. The fraction of sp³-hybridized carbons (Fsp3) is 0.333. The van der Waals surface area contributed by atoms with Gasteiger partial charge in [0, 0.05) is 12.0 Å². The molecule has 6 heteroatoms. The molecule has 2 rings (SSSR count). The molecule has 0 aromatic heterocycles. The highest BCUT2D eigenvalue weighted by Crippen LogP contribution is 2.31. The number of hydrogen-bond acceptors (Lipinski definition) is 3. The molecule has 1 aromatic rings. The average Bonchev–Trinajstić information content (AvgIpc) is 2.61. The second kappa shape index (κ2) is 4.24. The van der Waals surface area contributed by atoms with E-state index in [9.17, 15) is 9.18 Å². The van der Waals surface area contributed by atoms with Gasteiger partial charge in [-0.25, -0.2) is 9.18 Å².